The molecule has 1 atom stereocenters. The summed E-state index contributed by atoms with van der Waals surface area (Å²) >= 11 is 0. The number of morpholine rings is 1. The fourth-order valence-electron chi connectivity index (χ4n) is 3.67. The zero-order chi connectivity index (χ0) is 18.0. The van der Waals surface area contributed by atoms with Gasteiger partial charge in [0, 0.05) is 25.5 Å². The Morgan fingerprint density at radius 3 is 2.81 bits per heavy atom. The molecule has 0 aromatic carbocycles. The molecule has 1 spiro atoms. The number of rotatable bonds is 2. The molecule has 2 aliphatic rings. The normalized spacial score (nSPS) is 23.3. The molecule has 0 unspecified atom stereocenters. The van der Waals surface area contributed by atoms with Crippen molar-refractivity contribution < 1.29 is 13.9 Å². The number of carbonyl (C=O) groups is 1. The molecule has 8 heteroatoms. The molecule has 4 rings (SSSR count). The molecule has 0 radical (unpaired) electrons. The van der Waals surface area contributed by atoms with Crippen LogP contribution in [0.15, 0.2) is 36.9 Å². The van der Waals surface area contributed by atoms with Gasteiger partial charge in [0.25, 0.3) is 5.91 Å². The summed E-state index contributed by atoms with van der Waals surface area (Å²) < 4.78 is 19.2. The van der Waals surface area contributed by atoms with Crippen LogP contribution < -0.4 is 4.90 Å². The van der Waals surface area contributed by atoms with Crippen molar-refractivity contribution in [3.8, 4) is 0 Å². The maximum absolute atomic E-state index is 13.1. The summed E-state index contributed by atoms with van der Waals surface area (Å²) in [5.41, 5.74) is 0.130. The fraction of sp³-hybridized carbons (Fsp3) is 0.444. The summed E-state index contributed by atoms with van der Waals surface area (Å²) in [7, 11) is 0. The first kappa shape index (κ1) is 16.8. The molecule has 136 valence electrons. The van der Waals surface area contributed by atoms with Crippen molar-refractivity contribution in [2.75, 3.05) is 37.7 Å². The van der Waals surface area contributed by atoms with Crippen molar-refractivity contribution in [1.82, 2.24) is 19.9 Å². The van der Waals surface area contributed by atoms with Gasteiger partial charge in [-0.3, -0.25) is 9.78 Å². The van der Waals surface area contributed by atoms with Gasteiger partial charge in [-0.2, -0.15) is 0 Å². The van der Waals surface area contributed by atoms with Crippen LogP contribution >= 0.6 is 0 Å². The van der Waals surface area contributed by atoms with Crippen molar-refractivity contribution in [1.29, 1.82) is 0 Å². The minimum atomic E-state index is -0.456. The van der Waals surface area contributed by atoms with Crippen molar-refractivity contribution in [2.24, 2.45) is 0 Å². The molecule has 1 amide bonds. The van der Waals surface area contributed by atoms with Crippen LogP contribution in [0.4, 0.5) is 10.3 Å². The van der Waals surface area contributed by atoms with E-state index < -0.39 is 11.4 Å². The summed E-state index contributed by atoms with van der Waals surface area (Å²) in [5, 5.41) is 0. The van der Waals surface area contributed by atoms with Crippen LogP contribution in [0.25, 0.3) is 0 Å². The number of hydrogen-bond donors (Lipinski definition) is 0. The number of aromatic nitrogens is 3. The highest BCUT2D eigenvalue weighted by atomic mass is 19.1. The van der Waals surface area contributed by atoms with Gasteiger partial charge in [0.1, 0.15) is 5.60 Å². The maximum Gasteiger partial charge on any atom is 0.255 e. The van der Waals surface area contributed by atoms with Crippen LogP contribution in [-0.4, -0.2) is 64.1 Å². The van der Waals surface area contributed by atoms with E-state index in [1.165, 1.54) is 12.4 Å². The van der Waals surface area contributed by atoms with E-state index in [2.05, 4.69) is 15.0 Å². The predicted octanol–water partition coefficient (Wildman–Crippen LogP) is 1.52. The fourth-order valence-corrected chi connectivity index (χ4v) is 3.67. The smallest absolute Gasteiger partial charge is 0.255 e. The molecular formula is C18H20FN5O2. The Morgan fingerprint density at radius 1 is 1.19 bits per heavy atom. The highest BCUT2D eigenvalue weighted by molar-refractivity contribution is 5.94. The second-order valence-corrected chi connectivity index (χ2v) is 6.73. The topological polar surface area (TPSA) is 71.5 Å². The zero-order valence-corrected chi connectivity index (χ0v) is 14.3. The number of nitrogens with zero attached hydrogens (tertiary/aromatic N) is 5. The lowest BCUT2D eigenvalue weighted by Gasteiger charge is -2.48. The lowest BCUT2D eigenvalue weighted by molar-refractivity contribution is -0.105. The largest absolute Gasteiger partial charge is 0.369 e. The molecule has 2 aromatic rings. The van der Waals surface area contributed by atoms with E-state index in [-0.39, 0.29) is 5.91 Å². The Hall–Kier alpha value is -2.61. The number of hydrogen-bond acceptors (Lipinski definition) is 6. The number of anilines is 1. The van der Waals surface area contributed by atoms with Crippen molar-refractivity contribution >= 4 is 11.9 Å². The molecule has 0 bridgehead atoms. The third-order valence-corrected chi connectivity index (χ3v) is 4.87. The number of piperidine rings is 1. The Morgan fingerprint density at radius 2 is 2.04 bits per heavy atom. The number of carbonyl (C=O) groups excluding carboxylic acids is 1. The van der Waals surface area contributed by atoms with Crippen molar-refractivity contribution in [3.63, 3.8) is 0 Å². The third-order valence-electron chi connectivity index (χ3n) is 4.87. The molecule has 7 nitrogen and oxygen atoms in total. The second-order valence-electron chi connectivity index (χ2n) is 6.73. The van der Waals surface area contributed by atoms with Gasteiger partial charge in [-0.15, -0.1) is 0 Å². The summed E-state index contributed by atoms with van der Waals surface area (Å²) in [6.07, 6.45) is 7.34. The maximum atomic E-state index is 13.1. The van der Waals surface area contributed by atoms with Crippen LogP contribution in [0.2, 0.25) is 0 Å². The monoisotopic (exact) mass is 357 g/mol. The van der Waals surface area contributed by atoms with E-state index in [1.807, 2.05) is 9.80 Å². The molecule has 2 saturated heterocycles. The lowest BCUT2D eigenvalue weighted by atomic mass is 9.90. The number of halogens is 1. The van der Waals surface area contributed by atoms with Gasteiger partial charge in [0.15, 0.2) is 5.82 Å². The van der Waals surface area contributed by atoms with E-state index in [4.69, 9.17) is 4.74 Å². The SMILES string of the molecule is O=C(c1cccnc1)N1CCO[C@]2(CCCN(c3ncc(F)cn3)C2)C1. The van der Waals surface area contributed by atoms with Gasteiger partial charge in [-0.25, -0.2) is 14.4 Å². The molecular weight excluding hydrogens is 337 g/mol. The Bertz CT molecular complexity index is 769. The molecule has 26 heavy (non-hydrogen) atoms. The van der Waals surface area contributed by atoms with Gasteiger partial charge in [0.2, 0.25) is 5.95 Å². The summed E-state index contributed by atoms with van der Waals surface area (Å²) in [6, 6.07) is 3.54. The highest BCUT2D eigenvalue weighted by Gasteiger charge is 2.42. The van der Waals surface area contributed by atoms with Crippen LogP contribution in [0.1, 0.15) is 23.2 Å². The highest BCUT2D eigenvalue weighted by Crippen LogP contribution is 2.31. The summed E-state index contributed by atoms with van der Waals surface area (Å²) in [6.45, 7) is 2.92. The number of amides is 1. The Kier molecular flexibility index (Phi) is 4.50. The van der Waals surface area contributed by atoms with Gasteiger partial charge >= 0.3 is 0 Å². The van der Waals surface area contributed by atoms with Crippen LogP contribution in [0, 0.1) is 5.82 Å². The Balaban J connectivity index is 1.50. The standard InChI is InChI=1S/C18H20FN5O2/c19-15-10-21-17(22-11-15)24-6-2-4-18(13-24)12-23(7-8-26-18)16(25)14-3-1-5-20-9-14/h1,3,5,9-11H,2,4,6-8,12-13H2/t18-/m1/s1. The van der Waals surface area contributed by atoms with Gasteiger partial charge in [0.05, 0.1) is 37.7 Å². The van der Waals surface area contributed by atoms with E-state index in [0.29, 0.717) is 37.8 Å². The minimum absolute atomic E-state index is 0.0315. The van der Waals surface area contributed by atoms with E-state index in [1.54, 1.807) is 24.5 Å². The first-order valence-electron chi connectivity index (χ1n) is 8.71. The molecule has 2 aromatic heterocycles. The van der Waals surface area contributed by atoms with Crippen molar-refractivity contribution in [2.45, 2.75) is 18.4 Å². The quantitative estimate of drug-likeness (QED) is 0.812. The third kappa shape index (κ3) is 3.37. The van der Waals surface area contributed by atoms with Crippen LogP contribution in [-0.2, 0) is 4.74 Å². The van der Waals surface area contributed by atoms with E-state index in [0.717, 1.165) is 19.4 Å². The van der Waals surface area contributed by atoms with Crippen LogP contribution in [0.3, 0.4) is 0 Å². The van der Waals surface area contributed by atoms with E-state index in [9.17, 15) is 9.18 Å². The average Bonchev–Trinajstić information content (AvgIpc) is 2.69. The van der Waals surface area contributed by atoms with Gasteiger partial charge in [-0.1, -0.05) is 0 Å². The lowest BCUT2D eigenvalue weighted by Crippen LogP contribution is -2.61. The first-order valence-corrected chi connectivity index (χ1v) is 8.71. The molecule has 2 aliphatic heterocycles. The van der Waals surface area contributed by atoms with Crippen LogP contribution in [0.5, 0.6) is 0 Å². The summed E-state index contributed by atoms with van der Waals surface area (Å²) in [5.74, 6) is 0.00310. The number of ether oxygens (including phenoxy) is 1. The average molecular weight is 357 g/mol. The molecule has 4 heterocycles. The first-order chi connectivity index (χ1) is 12.7. The number of pyridine rings is 1. The molecule has 2 fully saturated rings. The van der Waals surface area contributed by atoms with E-state index >= 15 is 0 Å². The minimum Gasteiger partial charge on any atom is -0.369 e. The van der Waals surface area contributed by atoms with Gasteiger partial charge in [-0.05, 0) is 25.0 Å². The Labute approximate surface area is 150 Å². The molecule has 0 N–H and O–H groups in total. The molecule has 0 aliphatic carbocycles. The predicted molar refractivity (Wildman–Crippen MR) is 92.3 cm³/mol. The second kappa shape index (κ2) is 6.95. The molecule has 0 saturated carbocycles. The van der Waals surface area contributed by atoms with Gasteiger partial charge < -0.3 is 14.5 Å². The van der Waals surface area contributed by atoms with Crippen molar-refractivity contribution in [3.05, 3.63) is 48.3 Å². The summed E-state index contributed by atoms with van der Waals surface area (Å²) in [4.78, 5) is 28.8. The zero-order valence-electron chi connectivity index (χ0n) is 14.3.